The van der Waals surface area contributed by atoms with E-state index in [1.54, 1.807) is 0 Å². The van der Waals surface area contributed by atoms with Gasteiger partial charge in [0.15, 0.2) is 11.0 Å². The van der Waals surface area contributed by atoms with Crippen LogP contribution in [0.25, 0.3) is 22.5 Å². The summed E-state index contributed by atoms with van der Waals surface area (Å²) in [6.07, 6.45) is 2.80. The van der Waals surface area contributed by atoms with Gasteiger partial charge in [0.1, 0.15) is 11.4 Å². The minimum atomic E-state index is -0.882. The van der Waals surface area contributed by atoms with Gasteiger partial charge in [0, 0.05) is 18.5 Å². The Morgan fingerprint density at radius 2 is 1.20 bits per heavy atom. The van der Waals surface area contributed by atoms with Gasteiger partial charge in [0.05, 0.1) is 12.3 Å². The summed E-state index contributed by atoms with van der Waals surface area (Å²) in [7, 11) is 0. The van der Waals surface area contributed by atoms with Crippen LogP contribution < -0.4 is 0 Å². The molecular formula is C41H37ClN6O. The number of aryl methyl sites for hydroxylation is 1. The molecular weight excluding hydrogens is 628 g/mol. The lowest BCUT2D eigenvalue weighted by Gasteiger charge is -2.36. The van der Waals surface area contributed by atoms with Crippen LogP contribution >= 0.6 is 11.6 Å². The fourth-order valence-corrected chi connectivity index (χ4v) is 7.12. The fourth-order valence-electron chi connectivity index (χ4n) is 6.86. The Morgan fingerprint density at radius 1 is 0.673 bits per heavy atom. The third-order valence-corrected chi connectivity index (χ3v) is 9.47. The second-order valence-electron chi connectivity index (χ2n) is 12.0. The van der Waals surface area contributed by atoms with E-state index < -0.39 is 5.54 Å². The van der Waals surface area contributed by atoms with E-state index in [0.29, 0.717) is 23.2 Å². The van der Waals surface area contributed by atoms with Crippen molar-refractivity contribution in [2.24, 2.45) is 0 Å². The van der Waals surface area contributed by atoms with Crippen molar-refractivity contribution in [1.82, 2.24) is 29.8 Å². The summed E-state index contributed by atoms with van der Waals surface area (Å²) in [5, 5.41) is 24.5. The summed E-state index contributed by atoms with van der Waals surface area (Å²) in [5.74, 6) is 1.51. The standard InChI is InChI=1S/C41H37ClN6O/c1-2-3-27-38-43-39(42)37(29-49)47(38)28-30-17-13-14-24-34(30)35-25-15-16-26-36(35)40-44-45-46-48(40)41(31-18-7-4-8-19-31,32-20-9-5-10-21-32)33-22-11-6-12-23-33/h4-26,49H,2-3,27-29H2,1H3. The Balaban J connectivity index is 1.43. The Labute approximate surface area is 291 Å². The summed E-state index contributed by atoms with van der Waals surface area (Å²) in [5.41, 5.74) is 6.83. The van der Waals surface area contributed by atoms with Gasteiger partial charge in [-0.3, -0.25) is 0 Å². The number of imidazole rings is 1. The molecule has 0 atom stereocenters. The Morgan fingerprint density at radius 3 is 1.78 bits per heavy atom. The highest BCUT2D eigenvalue weighted by molar-refractivity contribution is 6.30. The number of benzene rings is 5. The van der Waals surface area contributed by atoms with E-state index in [2.05, 4.69) is 119 Å². The number of hydrogen-bond acceptors (Lipinski definition) is 5. The van der Waals surface area contributed by atoms with Gasteiger partial charge < -0.3 is 9.67 Å². The Bertz CT molecular complexity index is 2050. The Kier molecular flexibility index (Phi) is 9.46. The first-order valence-electron chi connectivity index (χ1n) is 16.6. The molecule has 0 unspecified atom stereocenters. The van der Waals surface area contributed by atoms with Crippen molar-refractivity contribution >= 4 is 11.6 Å². The number of hydrogen-bond donors (Lipinski definition) is 1. The van der Waals surface area contributed by atoms with E-state index in [-0.39, 0.29) is 6.61 Å². The topological polar surface area (TPSA) is 81.7 Å². The summed E-state index contributed by atoms with van der Waals surface area (Å²) in [6.45, 7) is 2.47. The van der Waals surface area contributed by atoms with Crippen LogP contribution in [-0.2, 0) is 25.1 Å². The van der Waals surface area contributed by atoms with Gasteiger partial charge in [-0.05, 0) is 50.2 Å². The van der Waals surface area contributed by atoms with Gasteiger partial charge >= 0.3 is 0 Å². The number of aliphatic hydroxyl groups is 1. The van der Waals surface area contributed by atoms with E-state index >= 15 is 0 Å². The summed E-state index contributed by atoms with van der Waals surface area (Å²) in [6, 6.07) is 47.9. The lowest BCUT2D eigenvalue weighted by Crippen LogP contribution is -2.39. The average molecular weight is 665 g/mol. The minimum absolute atomic E-state index is 0.188. The molecule has 0 radical (unpaired) electrons. The molecule has 0 fully saturated rings. The summed E-state index contributed by atoms with van der Waals surface area (Å²) >= 11 is 6.54. The molecule has 49 heavy (non-hydrogen) atoms. The second kappa shape index (κ2) is 14.4. The molecule has 0 saturated carbocycles. The van der Waals surface area contributed by atoms with E-state index in [4.69, 9.17) is 21.9 Å². The molecule has 0 aliphatic heterocycles. The zero-order chi connectivity index (χ0) is 33.6. The predicted molar refractivity (Wildman–Crippen MR) is 194 cm³/mol. The molecule has 2 heterocycles. The van der Waals surface area contributed by atoms with Gasteiger partial charge in [-0.25, -0.2) is 9.67 Å². The number of nitrogens with zero attached hydrogens (tertiary/aromatic N) is 6. The number of rotatable bonds is 12. The van der Waals surface area contributed by atoms with Crippen LogP contribution in [-0.4, -0.2) is 34.9 Å². The predicted octanol–water partition coefficient (Wildman–Crippen LogP) is 8.58. The molecule has 0 bridgehead atoms. The van der Waals surface area contributed by atoms with Crippen LogP contribution in [0.2, 0.25) is 5.15 Å². The van der Waals surface area contributed by atoms with Gasteiger partial charge in [0.25, 0.3) is 0 Å². The van der Waals surface area contributed by atoms with Crippen LogP contribution in [0.5, 0.6) is 0 Å². The summed E-state index contributed by atoms with van der Waals surface area (Å²) < 4.78 is 4.03. The first-order valence-corrected chi connectivity index (χ1v) is 17.0. The van der Waals surface area contributed by atoms with Gasteiger partial charge in [-0.15, -0.1) is 5.10 Å². The van der Waals surface area contributed by atoms with Gasteiger partial charge in [-0.1, -0.05) is 164 Å². The first kappa shape index (κ1) is 32.2. The highest BCUT2D eigenvalue weighted by Crippen LogP contribution is 2.43. The maximum atomic E-state index is 10.3. The number of aromatic nitrogens is 6. The lowest BCUT2D eigenvalue weighted by molar-refractivity contribution is 0.271. The van der Waals surface area contributed by atoms with Crippen molar-refractivity contribution in [3.63, 3.8) is 0 Å². The zero-order valence-corrected chi connectivity index (χ0v) is 28.1. The maximum absolute atomic E-state index is 10.3. The second-order valence-corrected chi connectivity index (χ2v) is 12.4. The van der Waals surface area contributed by atoms with Crippen molar-refractivity contribution in [2.75, 3.05) is 0 Å². The van der Waals surface area contributed by atoms with Crippen LogP contribution in [0.1, 0.15) is 53.5 Å². The minimum Gasteiger partial charge on any atom is -0.390 e. The van der Waals surface area contributed by atoms with E-state index in [1.165, 1.54) is 0 Å². The molecule has 7 rings (SSSR count). The van der Waals surface area contributed by atoms with E-state index in [0.717, 1.165) is 64.0 Å². The molecule has 244 valence electrons. The van der Waals surface area contributed by atoms with Crippen molar-refractivity contribution in [3.8, 4) is 22.5 Å². The van der Waals surface area contributed by atoms with Crippen molar-refractivity contribution < 1.29 is 5.11 Å². The number of unbranched alkanes of at least 4 members (excludes halogenated alkanes) is 1. The maximum Gasteiger partial charge on any atom is 0.184 e. The fraction of sp³-hybridized carbons (Fsp3) is 0.171. The number of aliphatic hydroxyl groups excluding tert-OH is 1. The third-order valence-electron chi connectivity index (χ3n) is 9.17. The molecule has 0 aliphatic rings. The molecule has 7 nitrogen and oxygen atoms in total. The Hall–Kier alpha value is -5.37. The largest absolute Gasteiger partial charge is 0.390 e. The van der Waals surface area contributed by atoms with Crippen molar-refractivity contribution in [3.05, 3.63) is 178 Å². The number of halogens is 1. The van der Waals surface area contributed by atoms with E-state index in [9.17, 15) is 5.11 Å². The average Bonchev–Trinajstić information content (AvgIpc) is 3.76. The highest BCUT2D eigenvalue weighted by atomic mass is 35.5. The van der Waals surface area contributed by atoms with Crippen LogP contribution in [0.3, 0.4) is 0 Å². The summed E-state index contributed by atoms with van der Waals surface area (Å²) in [4.78, 5) is 4.64. The lowest BCUT2D eigenvalue weighted by atomic mass is 9.77. The number of tetrazole rings is 1. The molecule has 0 aliphatic carbocycles. The zero-order valence-electron chi connectivity index (χ0n) is 27.3. The van der Waals surface area contributed by atoms with Gasteiger partial charge in [-0.2, -0.15) is 0 Å². The van der Waals surface area contributed by atoms with Crippen molar-refractivity contribution in [1.29, 1.82) is 0 Å². The van der Waals surface area contributed by atoms with Crippen molar-refractivity contribution in [2.45, 2.75) is 44.9 Å². The molecule has 5 aromatic carbocycles. The SMILES string of the molecule is CCCCc1nc(Cl)c(CO)n1Cc1ccccc1-c1ccccc1-c1nnnn1C(c1ccccc1)(c1ccccc1)c1ccccc1. The molecule has 2 aromatic heterocycles. The smallest absolute Gasteiger partial charge is 0.184 e. The molecule has 8 heteroatoms. The molecule has 1 N–H and O–H groups in total. The molecule has 7 aromatic rings. The van der Waals surface area contributed by atoms with Crippen LogP contribution in [0, 0.1) is 0 Å². The highest BCUT2D eigenvalue weighted by Gasteiger charge is 2.42. The third kappa shape index (κ3) is 5.96. The van der Waals surface area contributed by atoms with Crippen LogP contribution in [0.4, 0.5) is 0 Å². The molecule has 0 amide bonds. The molecule has 0 saturated heterocycles. The first-order chi connectivity index (χ1) is 24.2. The van der Waals surface area contributed by atoms with Crippen LogP contribution in [0.15, 0.2) is 140 Å². The monoisotopic (exact) mass is 664 g/mol. The quantitative estimate of drug-likeness (QED) is 0.132. The van der Waals surface area contributed by atoms with E-state index in [1.807, 2.05) is 47.1 Å². The normalized spacial score (nSPS) is 11.6. The molecule has 0 spiro atoms. The van der Waals surface area contributed by atoms with Gasteiger partial charge in [0.2, 0.25) is 0 Å².